The molecule has 0 spiro atoms. The van der Waals surface area contributed by atoms with Gasteiger partial charge < -0.3 is 0 Å². The standard InChI is InChI=1S/C28H26N2S2/c1-3-7-25(8-4-1)11-13-27-15-19-29(20-16-27)23-31-32-24-30-21-17-28(18-22-30)14-12-26-9-5-2-6-10-26/h1-22H,23-24H2/q+2/b13-11+,14-12+. The predicted octanol–water partition coefficient (Wildman–Crippen LogP) is 6.60. The smallest absolute Gasteiger partial charge is 0.195 e. The van der Waals surface area contributed by atoms with Gasteiger partial charge in [0, 0.05) is 24.3 Å². The van der Waals surface area contributed by atoms with Gasteiger partial charge in [-0.1, -0.05) is 85.0 Å². The summed E-state index contributed by atoms with van der Waals surface area (Å²) in [5.74, 6) is 1.84. The Morgan fingerprint density at radius 3 is 1.09 bits per heavy atom. The van der Waals surface area contributed by atoms with Crippen molar-refractivity contribution in [3.8, 4) is 0 Å². The fraction of sp³-hybridized carbons (Fsp3) is 0.0714. The van der Waals surface area contributed by atoms with Crippen molar-refractivity contribution in [2.45, 2.75) is 11.8 Å². The highest BCUT2D eigenvalue weighted by Crippen LogP contribution is 2.20. The fourth-order valence-corrected chi connectivity index (χ4v) is 4.96. The van der Waals surface area contributed by atoms with Crippen LogP contribution < -0.4 is 9.13 Å². The minimum absolute atomic E-state index is 0.922. The van der Waals surface area contributed by atoms with E-state index in [0.29, 0.717) is 0 Å². The lowest BCUT2D eigenvalue weighted by atomic mass is 10.1. The Labute approximate surface area is 198 Å². The van der Waals surface area contributed by atoms with Crippen LogP contribution in [0.4, 0.5) is 0 Å². The molecule has 2 aromatic heterocycles. The number of pyridine rings is 2. The molecule has 0 atom stereocenters. The second-order valence-electron chi connectivity index (χ2n) is 7.27. The third-order valence-corrected chi connectivity index (χ3v) is 6.96. The molecule has 2 heterocycles. The van der Waals surface area contributed by atoms with Gasteiger partial charge in [-0.05, 0) is 43.8 Å². The largest absolute Gasteiger partial charge is 0.204 e. The van der Waals surface area contributed by atoms with Crippen LogP contribution in [-0.4, -0.2) is 0 Å². The Balaban J connectivity index is 1.19. The second kappa shape index (κ2) is 12.1. The summed E-state index contributed by atoms with van der Waals surface area (Å²) < 4.78 is 4.42. The Morgan fingerprint density at radius 1 is 0.438 bits per heavy atom. The molecule has 0 aliphatic heterocycles. The van der Waals surface area contributed by atoms with E-state index in [1.165, 1.54) is 22.3 Å². The first-order chi connectivity index (χ1) is 15.8. The van der Waals surface area contributed by atoms with Gasteiger partial charge in [0.15, 0.2) is 24.8 Å². The minimum Gasteiger partial charge on any atom is -0.195 e. The number of aromatic nitrogens is 2. The molecule has 0 amide bonds. The zero-order valence-electron chi connectivity index (χ0n) is 17.8. The Hall–Kier alpha value is -3.08. The molecular formula is C28H26N2S2+2. The average Bonchev–Trinajstić information content (AvgIpc) is 2.87. The normalized spacial score (nSPS) is 11.4. The van der Waals surface area contributed by atoms with Crippen molar-refractivity contribution >= 4 is 45.9 Å². The number of nitrogens with zero attached hydrogens (tertiary/aromatic N) is 2. The Morgan fingerprint density at radius 2 is 0.750 bits per heavy atom. The minimum atomic E-state index is 0.922. The summed E-state index contributed by atoms with van der Waals surface area (Å²) in [5.41, 5.74) is 4.85. The van der Waals surface area contributed by atoms with Crippen LogP contribution >= 0.6 is 21.6 Å². The third kappa shape index (κ3) is 7.26. The summed E-state index contributed by atoms with van der Waals surface area (Å²) in [6.45, 7) is 0. The SMILES string of the molecule is C(=C\c1cc[n+](CSSC[n+]2ccc(/C=C/c3ccccc3)cc2)cc1)/c1ccccc1. The van der Waals surface area contributed by atoms with Crippen molar-refractivity contribution in [3.05, 3.63) is 132 Å². The lowest BCUT2D eigenvalue weighted by Gasteiger charge is -1.98. The molecule has 4 rings (SSSR count). The lowest BCUT2D eigenvalue weighted by molar-refractivity contribution is -0.677. The zero-order valence-corrected chi connectivity index (χ0v) is 19.5. The van der Waals surface area contributed by atoms with Crippen molar-refractivity contribution in [1.29, 1.82) is 0 Å². The molecule has 0 saturated heterocycles. The van der Waals surface area contributed by atoms with Crippen molar-refractivity contribution in [2.75, 3.05) is 0 Å². The van der Waals surface area contributed by atoms with E-state index in [9.17, 15) is 0 Å². The van der Waals surface area contributed by atoms with E-state index in [2.05, 4.69) is 131 Å². The molecule has 158 valence electrons. The highest BCUT2D eigenvalue weighted by atomic mass is 33.1. The average molecular weight is 455 g/mol. The van der Waals surface area contributed by atoms with Crippen molar-refractivity contribution in [3.63, 3.8) is 0 Å². The van der Waals surface area contributed by atoms with Gasteiger partial charge in [0.2, 0.25) is 11.8 Å². The molecule has 32 heavy (non-hydrogen) atoms. The number of rotatable bonds is 9. The van der Waals surface area contributed by atoms with Crippen LogP contribution in [0.1, 0.15) is 22.3 Å². The lowest BCUT2D eigenvalue weighted by Crippen LogP contribution is -2.32. The van der Waals surface area contributed by atoms with E-state index in [-0.39, 0.29) is 0 Å². The third-order valence-electron chi connectivity index (χ3n) is 4.86. The summed E-state index contributed by atoms with van der Waals surface area (Å²) in [5, 5.41) is 0. The monoisotopic (exact) mass is 454 g/mol. The van der Waals surface area contributed by atoms with Gasteiger partial charge in [-0.3, -0.25) is 0 Å². The zero-order chi connectivity index (χ0) is 21.8. The highest BCUT2D eigenvalue weighted by molar-refractivity contribution is 8.75. The van der Waals surface area contributed by atoms with Gasteiger partial charge in [-0.2, -0.15) is 9.13 Å². The Kier molecular flexibility index (Phi) is 8.36. The van der Waals surface area contributed by atoms with E-state index in [0.717, 1.165) is 11.8 Å². The summed E-state index contributed by atoms with van der Waals surface area (Å²) in [6.07, 6.45) is 17.1. The molecule has 2 aromatic carbocycles. The van der Waals surface area contributed by atoms with E-state index in [1.807, 2.05) is 33.7 Å². The maximum absolute atomic E-state index is 2.21. The topological polar surface area (TPSA) is 7.76 Å². The molecule has 0 N–H and O–H groups in total. The Bertz CT molecular complexity index is 1040. The maximum Gasteiger partial charge on any atom is 0.204 e. The van der Waals surface area contributed by atoms with Crippen molar-refractivity contribution < 1.29 is 9.13 Å². The van der Waals surface area contributed by atoms with Gasteiger partial charge in [0.1, 0.15) is 0 Å². The van der Waals surface area contributed by atoms with Crippen LogP contribution in [0.3, 0.4) is 0 Å². The van der Waals surface area contributed by atoms with E-state index >= 15 is 0 Å². The van der Waals surface area contributed by atoms with E-state index < -0.39 is 0 Å². The molecule has 0 bridgehead atoms. The highest BCUT2D eigenvalue weighted by Gasteiger charge is 2.04. The van der Waals surface area contributed by atoms with Crippen molar-refractivity contribution in [2.24, 2.45) is 0 Å². The van der Waals surface area contributed by atoms with Gasteiger partial charge in [0.25, 0.3) is 0 Å². The van der Waals surface area contributed by atoms with Crippen LogP contribution in [0, 0.1) is 0 Å². The number of benzene rings is 2. The van der Waals surface area contributed by atoms with Gasteiger partial charge in [-0.15, -0.1) is 0 Å². The molecule has 0 fully saturated rings. The molecule has 0 radical (unpaired) electrons. The predicted molar refractivity (Wildman–Crippen MR) is 139 cm³/mol. The van der Waals surface area contributed by atoms with E-state index in [4.69, 9.17) is 0 Å². The van der Waals surface area contributed by atoms with Crippen molar-refractivity contribution in [1.82, 2.24) is 0 Å². The molecule has 0 aliphatic carbocycles. The first-order valence-electron chi connectivity index (χ1n) is 10.5. The van der Waals surface area contributed by atoms with Crippen LogP contribution in [0.2, 0.25) is 0 Å². The number of hydrogen-bond acceptors (Lipinski definition) is 2. The summed E-state index contributed by atoms with van der Waals surface area (Å²) in [4.78, 5) is 0. The van der Waals surface area contributed by atoms with Crippen LogP contribution in [0.15, 0.2) is 110 Å². The second-order valence-corrected chi connectivity index (χ2v) is 9.68. The molecule has 0 unspecified atom stereocenters. The first-order valence-corrected chi connectivity index (χ1v) is 13.0. The van der Waals surface area contributed by atoms with Gasteiger partial charge in [-0.25, -0.2) is 0 Å². The summed E-state index contributed by atoms with van der Waals surface area (Å²) in [6, 6.07) is 29.4. The maximum atomic E-state index is 2.21. The van der Waals surface area contributed by atoms with Crippen LogP contribution in [0.25, 0.3) is 24.3 Å². The quantitative estimate of drug-likeness (QED) is 0.160. The molecule has 4 heteroatoms. The molecule has 2 nitrogen and oxygen atoms in total. The first kappa shape index (κ1) is 22.1. The molecule has 0 saturated carbocycles. The fourth-order valence-electron chi connectivity index (χ4n) is 3.04. The summed E-state index contributed by atoms with van der Waals surface area (Å²) in [7, 11) is 3.71. The molecule has 4 aromatic rings. The van der Waals surface area contributed by atoms with Crippen LogP contribution in [0.5, 0.6) is 0 Å². The summed E-state index contributed by atoms with van der Waals surface area (Å²) >= 11 is 0. The van der Waals surface area contributed by atoms with Crippen LogP contribution in [-0.2, 0) is 11.8 Å². The van der Waals surface area contributed by atoms with E-state index in [1.54, 1.807) is 0 Å². The number of hydrogen-bond donors (Lipinski definition) is 0. The van der Waals surface area contributed by atoms with Gasteiger partial charge in [0.05, 0.1) is 0 Å². The van der Waals surface area contributed by atoms with Gasteiger partial charge >= 0.3 is 0 Å². The molecule has 0 aliphatic rings. The molecular weight excluding hydrogens is 428 g/mol.